The van der Waals surface area contributed by atoms with E-state index in [0.717, 1.165) is 16.8 Å². The first kappa shape index (κ1) is 27.5. The molecule has 0 aliphatic carbocycles. The molecule has 0 fully saturated rings. The lowest BCUT2D eigenvalue weighted by molar-refractivity contribution is 1.34. The summed E-state index contributed by atoms with van der Waals surface area (Å²) in [4.78, 5) is 6.46. The molecule has 0 amide bonds. The lowest BCUT2D eigenvalue weighted by Gasteiger charge is -2.15. The van der Waals surface area contributed by atoms with E-state index in [9.17, 15) is 0 Å². The van der Waals surface area contributed by atoms with Crippen LogP contribution in [0.1, 0.15) is 0 Å². The Labute approximate surface area is 301 Å². The molecule has 52 heavy (non-hydrogen) atoms. The first-order valence-corrected chi connectivity index (χ1v) is 19.1. The molecule has 0 saturated carbocycles. The van der Waals surface area contributed by atoms with Crippen LogP contribution in [0.4, 0.5) is 0 Å². The molecular weight excluding hydrogens is 647 g/mol. The fourth-order valence-corrected chi connectivity index (χ4v) is 10.7. The Morgan fingerprint density at radius 3 is 1.29 bits per heavy atom. The Bertz CT molecular complexity index is 3680. The molecule has 2 aliphatic heterocycles. The van der Waals surface area contributed by atoms with Crippen LogP contribution in [-0.4, -0.2) is 5.75 Å². The van der Waals surface area contributed by atoms with Crippen LogP contribution < -0.4 is 10.6 Å². The Kier molecular flexibility index (Phi) is 5.16. The van der Waals surface area contributed by atoms with E-state index < -0.39 is 0 Å². The van der Waals surface area contributed by atoms with Gasteiger partial charge >= 0.3 is 0 Å². The molecule has 0 radical (unpaired) electrons. The predicted octanol–water partition coefficient (Wildman–Crippen LogP) is 12.6. The largest absolute Gasteiger partial charge is 0.247 e. The molecule has 0 bridgehead atoms. The number of thioether (sulfide) groups is 1. The summed E-state index contributed by atoms with van der Waals surface area (Å²) in [6, 6.07) is 55.2. The number of nitrogens with zero attached hydrogens (tertiary/aromatic N) is 1. The second kappa shape index (κ2) is 9.76. The minimum absolute atomic E-state index is 1.02. The van der Waals surface area contributed by atoms with E-state index >= 15 is 0 Å². The predicted molar refractivity (Wildman–Crippen MR) is 226 cm³/mol. The van der Waals surface area contributed by atoms with Gasteiger partial charge in [-0.3, -0.25) is 0 Å². The highest BCUT2D eigenvalue weighted by atomic mass is 32.2. The summed E-state index contributed by atoms with van der Waals surface area (Å²) in [7, 11) is 0. The molecule has 13 rings (SSSR count). The number of benzene rings is 11. The molecule has 1 nitrogen and oxygen atoms in total. The van der Waals surface area contributed by atoms with Gasteiger partial charge < -0.3 is 0 Å². The summed E-state index contributed by atoms with van der Waals surface area (Å²) >= 11 is 1.91. The fourth-order valence-electron chi connectivity index (χ4n) is 9.74. The zero-order chi connectivity index (χ0) is 33.7. The van der Waals surface area contributed by atoms with Gasteiger partial charge in [-0.1, -0.05) is 146 Å². The van der Waals surface area contributed by atoms with Crippen LogP contribution in [0.15, 0.2) is 162 Å². The van der Waals surface area contributed by atoms with Crippen LogP contribution in [0.2, 0.25) is 0 Å². The van der Waals surface area contributed by atoms with Crippen LogP contribution in [-0.2, 0) is 0 Å². The average Bonchev–Trinajstić information content (AvgIpc) is 3.81. The Hall–Kier alpha value is -6.22. The SMILES string of the molecule is C1=C2N=c3c(ccc4c3ccc3ccc5c(ccc6ccc7c(ccc8ccc9c(ccc%10ccc%11c%12ccccc%12ccc%11c%109)c87)c65)c34)=C2SC1. The fraction of sp³-hybridized carbons (Fsp3) is 0.0200. The third kappa shape index (κ3) is 3.43. The molecule has 2 heteroatoms. The Balaban J connectivity index is 1.14. The maximum atomic E-state index is 5.13. The zero-order valence-electron chi connectivity index (χ0n) is 28.0. The van der Waals surface area contributed by atoms with Crippen LogP contribution in [0.25, 0.3) is 113 Å². The molecule has 11 aromatic rings. The van der Waals surface area contributed by atoms with Gasteiger partial charge in [-0.25, -0.2) is 4.99 Å². The van der Waals surface area contributed by atoms with Gasteiger partial charge in [-0.05, 0) is 108 Å². The van der Waals surface area contributed by atoms with Gasteiger partial charge in [0.1, 0.15) is 0 Å². The number of hydrogen-bond donors (Lipinski definition) is 0. The molecule has 0 atom stereocenters. The van der Waals surface area contributed by atoms with Crippen molar-refractivity contribution in [2.24, 2.45) is 4.99 Å². The summed E-state index contributed by atoms with van der Waals surface area (Å²) in [5.41, 5.74) is 1.15. The third-order valence-corrected chi connectivity index (χ3v) is 13.1. The van der Waals surface area contributed by atoms with E-state index in [1.54, 1.807) is 0 Å². The van der Waals surface area contributed by atoms with Crippen molar-refractivity contribution in [2.75, 3.05) is 5.75 Å². The van der Waals surface area contributed by atoms with Gasteiger partial charge in [0.25, 0.3) is 0 Å². The minimum atomic E-state index is 1.02. The summed E-state index contributed by atoms with van der Waals surface area (Å²) in [6.45, 7) is 0. The summed E-state index contributed by atoms with van der Waals surface area (Å²) in [5, 5.41) is 28.3. The molecule has 0 spiro atoms. The normalized spacial score (nSPS) is 14.2. The van der Waals surface area contributed by atoms with Crippen molar-refractivity contribution in [2.45, 2.75) is 0 Å². The minimum Gasteiger partial charge on any atom is -0.247 e. The van der Waals surface area contributed by atoms with Crippen LogP contribution in [0, 0.1) is 0 Å². The average molecular weight is 674 g/mol. The smallest absolute Gasteiger partial charge is 0.0800 e. The van der Waals surface area contributed by atoms with E-state index in [2.05, 4.69) is 152 Å². The lowest BCUT2D eigenvalue weighted by atomic mass is 9.88. The Morgan fingerprint density at radius 1 is 0.346 bits per heavy atom. The second-order valence-corrected chi connectivity index (χ2v) is 15.5. The molecular formula is C50H27NS. The summed E-state index contributed by atoms with van der Waals surface area (Å²) in [6.07, 6.45) is 2.26. The standard InChI is InChI=1S/C50H27NS/c1-2-4-32-27(3-1)5-15-34-33(32)14-6-28-7-17-36-35(45(28)34)16-8-29-9-19-38-37(46(29)36)18-10-30-11-21-40-39(47(30)38)20-12-31-13-22-42-41(48(31)40)23-24-43-49(42)51-44-25-26-52-50(43)44/h1-25H,26H2. The van der Waals surface area contributed by atoms with Gasteiger partial charge in [-0.15, -0.1) is 11.8 Å². The van der Waals surface area contributed by atoms with Gasteiger partial charge in [0.2, 0.25) is 0 Å². The highest BCUT2D eigenvalue weighted by molar-refractivity contribution is 8.08. The van der Waals surface area contributed by atoms with E-state index in [1.165, 1.54) is 118 Å². The molecule has 0 aromatic heterocycles. The van der Waals surface area contributed by atoms with Crippen molar-refractivity contribution in [1.29, 1.82) is 0 Å². The van der Waals surface area contributed by atoms with Crippen LogP contribution in [0.3, 0.4) is 0 Å². The topological polar surface area (TPSA) is 12.4 Å². The lowest BCUT2D eigenvalue weighted by Crippen LogP contribution is -2.23. The third-order valence-electron chi connectivity index (χ3n) is 12.0. The van der Waals surface area contributed by atoms with Gasteiger partial charge in [0.15, 0.2) is 0 Å². The molecule has 2 aliphatic rings. The zero-order valence-corrected chi connectivity index (χ0v) is 28.8. The number of hydrogen-bond acceptors (Lipinski definition) is 2. The maximum Gasteiger partial charge on any atom is 0.0800 e. The van der Waals surface area contributed by atoms with Crippen molar-refractivity contribution >= 4 is 124 Å². The molecule has 2 heterocycles. The van der Waals surface area contributed by atoms with E-state index in [0.29, 0.717) is 0 Å². The number of rotatable bonds is 0. The van der Waals surface area contributed by atoms with Gasteiger partial charge in [-0.2, -0.15) is 0 Å². The van der Waals surface area contributed by atoms with Crippen molar-refractivity contribution in [3.8, 4) is 0 Å². The Morgan fingerprint density at radius 2 is 0.750 bits per heavy atom. The van der Waals surface area contributed by atoms with Gasteiger partial charge in [0, 0.05) is 21.3 Å². The summed E-state index contributed by atoms with van der Waals surface area (Å²) < 4.78 is 0. The molecule has 238 valence electrons. The molecule has 11 aromatic carbocycles. The first-order valence-electron chi connectivity index (χ1n) is 18.1. The number of fused-ring (bicyclic) bond motifs is 22. The maximum absolute atomic E-state index is 5.13. The van der Waals surface area contributed by atoms with Gasteiger partial charge in [0.05, 0.1) is 11.1 Å². The van der Waals surface area contributed by atoms with Crippen molar-refractivity contribution < 1.29 is 0 Å². The molecule has 0 N–H and O–H groups in total. The quantitative estimate of drug-likeness (QED) is 0.146. The summed E-state index contributed by atoms with van der Waals surface area (Å²) in [5.74, 6) is 1.02. The highest BCUT2D eigenvalue weighted by Crippen LogP contribution is 2.43. The van der Waals surface area contributed by atoms with E-state index in [-0.39, 0.29) is 0 Å². The van der Waals surface area contributed by atoms with Crippen molar-refractivity contribution in [1.82, 2.24) is 0 Å². The van der Waals surface area contributed by atoms with Crippen LogP contribution >= 0.6 is 11.8 Å². The molecule has 0 unspecified atom stereocenters. The monoisotopic (exact) mass is 673 g/mol. The van der Waals surface area contributed by atoms with E-state index in [1.807, 2.05) is 11.8 Å². The van der Waals surface area contributed by atoms with E-state index in [4.69, 9.17) is 4.99 Å². The van der Waals surface area contributed by atoms with Crippen molar-refractivity contribution in [3.63, 3.8) is 0 Å². The highest BCUT2D eigenvalue weighted by Gasteiger charge is 2.20. The van der Waals surface area contributed by atoms with Crippen LogP contribution in [0.5, 0.6) is 0 Å². The van der Waals surface area contributed by atoms with Crippen molar-refractivity contribution in [3.05, 3.63) is 168 Å². The first-order chi connectivity index (χ1) is 25.8. The second-order valence-electron chi connectivity index (χ2n) is 14.5. The molecule has 0 saturated heterocycles.